The first-order valence-corrected chi connectivity index (χ1v) is 9.10. The molecule has 0 N–H and O–H groups in total. The molecule has 0 bridgehead atoms. The Labute approximate surface area is 153 Å². The number of piperazine rings is 1. The number of nitrogens with zero attached hydrogens (tertiary/aromatic N) is 4. The number of hydrogen-bond acceptors (Lipinski definition) is 4. The number of benzene rings is 1. The summed E-state index contributed by atoms with van der Waals surface area (Å²) in [6.45, 7) is 5.07. The van der Waals surface area contributed by atoms with Crippen molar-refractivity contribution < 1.29 is 9.53 Å². The molecule has 2 aliphatic rings. The van der Waals surface area contributed by atoms with Crippen molar-refractivity contribution in [3.05, 3.63) is 53.4 Å². The van der Waals surface area contributed by atoms with Crippen LogP contribution in [0.5, 0.6) is 5.75 Å². The van der Waals surface area contributed by atoms with Crippen LogP contribution in [0.25, 0.3) is 6.08 Å². The van der Waals surface area contributed by atoms with E-state index >= 15 is 0 Å². The van der Waals surface area contributed by atoms with Crippen molar-refractivity contribution in [1.29, 1.82) is 0 Å². The molecule has 4 rings (SSSR count). The maximum atomic E-state index is 12.4. The van der Waals surface area contributed by atoms with Crippen molar-refractivity contribution in [1.82, 2.24) is 19.6 Å². The molecule has 0 atom stereocenters. The van der Waals surface area contributed by atoms with Gasteiger partial charge >= 0.3 is 0 Å². The van der Waals surface area contributed by atoms with E-state index in [9.17, 15) is 4.79 Å². The highest BCUT2D eigenvalue weighted by Crippen LogP contribution is 2.26. The summed E-state index contributed by atoms with van der Waals surface area (Å²) >= 11 is 0. The Morgan fingerprint density at radius 1 is 1.27 bits per heavy atom. The molecule has 3 heterocycles. The molecule has 136 valence electrons. The zero-order valence-corrected chi connectivity index (χ0v) is 15.1. The average Bonchev–Trinajstić information content (AvgIpc) is 3.28. The third kappa shape index (κ3) is 3.80. The normalized spacial score (nSPS) is 17.5. The lowest BCUT2D eigenvalue weighted by Gasteiger charge is -2.34. The van der Waals surface area contributed by atoms with Crippen molar-refractivity contribution in [3.8, 4) is 5.75 Å². The summed E-state index contributed by atoms with van der Waals surface area (Å²) in [6.07, 6.45) is 8.13. The fourth-order valence-electron chi connectivity index (χ4n) is 3.52. The van der Waals surface area contributed by atoms with Crippen LogP contribution < -0.4 is 4.74 Å². The Morgan fingerprint density at radius 3 is 2.88 bits per heavy atom. The van der Waals surface area contributed by atoms with Crippen molar-refractivity contribution in [3.63, 3.8) is 0 Å². The van der Waals surface area contributed by atoms with Gasteiger partial charge in [0.2, 0.25) is 5.91 Å². The zero-order chi connectivity index (χ0) is 17.9. The largest absolute Gasteiger partial charge is 0.493 e. The monoisotopic (exact) mass is 352 g/mol. The van der Waals surface area contributed by atoms with E-state index in [0.29, 0.717) is 0 Å². The van der Waals surface area contributed by atoms with E-state index in [-0.39, 0.29) is 5.91 Å². The maximum Gasteiger partial charge on any atom is 0.246 e. The molecule has 26 heavy (non-hydrogen) atoms. The van der Waals surface area contributed by atoms with Crippen LogP contribution in [0, 0.1) is 0 Å². The second-order valence-corrected chi connectivity index (χ2v) is 6.92. The minimum Gasteiger partial charge on any atom is -0.493 e. The van der Waals surface area contributed by atoms with E-state index in [1.807, 2.05) is 24.2 Å². The first-order chi connectivity index (χ1) is 12.7. The number of hydrogen-bond donors (Lipinski definition) is 0. The van der Waals surface area contributed by atoms with Gasteiger partial charge in [-0.15, -0.1) is 0 Å². The standard InChI is InChI=1S/C20H24N4O2/c1-22-14-17(13-21-22)3-5-20(25)24-9-7-23(8-10-24)15-16-2-4-19-18(12-16)6-11-26-19/h2-5,12-14H,6-11,15H2,1H3. The maximum absolute atomic E-state index is 12.4. The Hall–Kier alpha value is -2.60. The predicted molar refractivity (Wildman–Crippen MR) is 99.7 cm³/mol. The van der Waals surface area contributed by atoms with E-state index in [2.05, 4.69) is 28.2 Å². The van der Waals surface area contributed by atoms with Gasteiger partial charge in [0.05, 0.1) is 12.8 Å². The van der Waals surface area contributed by atoms with Gasteiger partial charge in [-0.2, -0.15) is 5.10 Å². The Balaban J connectivity index is 1.28. The predicted octanol–water partition coefficient (Wildman–Crippen LogP) is 1.71. The van der Waals surface area contributed by atoms with Crippen LogP contribution in [-0.2, 0) is 24.8 Å². The number of aromatic nitrogens is 2. The van der Waals surface area contributed by atoms with E-state index in [1.54, 1.807) is 17.0 Å². The Morgan fingerprint density at radius 2 is 2.12 bits per heavy atom. The summed E-state index contributed by atoms with van der Waals surface area (Å²) < 4.78 is 7.30. The number of amides is 1. The van der Waals surface area contributed by atoms with Crippen molar-refractivity contribution in [2.45, 2.75) is 13.0 Å². The van der Waals surface area contributed by atoms with Gasteiger partial charge < -0.3 is 9.64 Å². The molecule has 1 saturated heterocycles. The average molecular weight is 352 g/mol. The van der Waals surface area contributed by atoms with Crippen molar-refractivity contribution in [2.75, 3.05) is 32.8 Å². The number of rotatable bonds is 4. The van der Waals surface area contributed by atoms with Crippen LogP contribution in [0.15, 0.2) is 36.7 Å². The van der Waals surface area contributed by atoms with Crippen LogP contribution in [0.1, 0.15) is 16.7 Å². The van der Waals surface area contributed by atoms with Crippen LogP contribution >= 0.6 is 0 Å². The highest BCUT2D eigenvalue weighted by Gasteiger charge is 2.20. The Kier molecular flexibility index (Phi) is 4.75. The molecule has 6 nitrogen and oxygen atoms in total. The van der Waals surface area contributed by atoms with E-state index < -0.39 is 0 Å². The van der Waals surface area contributed by atoms with E-state index in [4.69, 9.17) is 4.74 Å². The molecule has 6 heteroatoms. The second-order valence-electron chi connectivity index (χ2n) is 6.92. The lowest BCUT2D eigenvalue weighted by atomic mass is 10.1. The van der Waals surface area contributed by atoms with Crippen LogP contribution in [0.2, 0.25) is 0 Å². The molecule has 0 radical (unpaired) electrons. The fraction of sp³-hybridized carbons (Fsp3) is 0.400. The van der Waals surface area contributed by atoms with Crippen LogP contribution in [-0.4, -0.2) is 58.3 Å². The molecule has 1 aromatic carbocycles. The first-order valence-electron chi connectivity index (χ1n) is 9.10. The van der Waals surface area contributed by atoms with Crippen LogP contribution in [0.3, 0.4) is 0 Å². The van der Waals surface area contributed by atoms with Gasteiger partial charge in [-0.25, -0.2) is 0 Å². The molecule has 2 aliphatic heterocycles. The smallest absolute Gasteiger partial charge is 0.246 e. The molecule has 0 spiro atoms. The summed E-state index contributed by atoms with van der Waals surface area (Å²) in [5, 5.41) is 4.10. The summed E-state index contributed by atoms with van der Waals surface area (Å²) in [5.41, 5.74) is 3.59. The highest BCUT2D eigenvalue weighted by molar-refractivity contribution is 5.91. The summed E-state index contributed by atoms with van der Waals surface area (Å²) in [5.74, 6) is 1.10. The van der Waals surface area contributed by atoms with Gasteiger partial charge in [-0.3, -0.25) is 14.4 Å². The number of ether oxygens (including phenoxy) is 1. The summed E-state index contributed by atoms with van der Waals surface area (Å²) in [4.78, 5) is 16.7. The highest BCUT2D eigenvalue weighted by atomic mass is 16.5. The minimum absolute atomic E-state index is 0.0724. The molecular weight excluding hydrogens is 328 g/mol. The third-order valence-corrected chi connectivity index (χ3v) is 4.99. The third-order valence-electron chi connectivity index (χ3n) is 4.99. The molecule has 0 unspecified atom stereocenters. The van der Waals surface area contributed by atoms with E-state index in [0.717, 1.165) is 57.1 Å². The van der Waals surface area contributed by atoms with Gasteiger partial charge in [-0.05, 0) is 23.3 Å². The van der Waals surface area contributed by atoms with Crippen molar-refractivity contribution in [2.24, 2.45) is 7.05 Å². The molecule has 2 aromatic rings. The van der Waals surface area contributed by atoms with Gasteiger partial charge in [-0.1, -0.05) is 12.1 Å². The topological polar surface area (TPSA) is 50.6 Å². The summed E-state index contributed by atoms with van der Waals surface area (Å²) in [7, 11) is 1.87. The molecule has 1 aromatic heterocycles. The van der Waals surface area contributed by atoms with Gasteiger partial charge in [0.15, 0.2) is 0 Å². The van der Waals surface area contributed by atoms with Crippen molar-refractivity contribution >= 4 is 12.0 Å². The number of aryl methyl sites for hydroxylation is 1. The minimum atomic E-state index is 0.0724. The molecule has 1 amide bonds. The quantitative estimate of drug-likeness (QED) is 0.786. The SMILES string of the molecule is Cn1cc(C=CC(=O)N2CCN(Cc3ccc4c(c3)CCO4)CC2)cn1. The van der Waals surface area contributed by atoms with Crippen LogP contribution in [0.4, 0.5) is 0 Å². The number of carbonyl (C=O) groups excluding carboxylic acids is 1. The van der Waals surface area contributed by atoms with Gasteiger partial charge in [0, 0.05) is 64.0 Å². The molecule has 0 aliphatic carbocycles. The second kappa shape index (κ2) is 7.33. The number of carbonyl (C=O) groups is 1. The first kappa shape index (κ1) is 16.8. The van der Waals surface area contributed by atoms with Gasteiger partial charge in [0.1, 0.15) is 5.75 Å². The molecular formula is C20H24N4O2. The summed E-state index contributed by atoms with van der Waals surface area (Å²) in [6, 6.07) is 6.50. The van der Waals surface area contributed by atoms with Gasteiger partial charge in [0.25, 0.3) is 0 Å². The fourth-order valence-corrected chi connectivity index (χ4v) is 3.52. The van der Waals surface area contributed by atoms with E-state index in [1.165, 1.54) is 11.1 Å². The zero-order valence-electron chi connectivity index (χ0n) is 15.1. The lowest BCUT2D eigenvalue weighted by Crippen LogP contribution is -2.47. The number of fused-ring (bicyclic) bond motifs is 1. The lowest BCUT2D eigenvalue weighted by molar-refractivity contribution is -0.127. The Bertz CT molecular complexity index is 819. The molecule has 0 saturated carbocycles. The molecule has 1 fully saturated rings.